The normalized spacial score (nSPS) is 18.9. The molecular weight excluding hydrogens is 225 g/mol. The first-order chi connectivity index (χ1) is 7.50. The van der Waals surface area contributed by atoms with Gasteiger partial charge in [0.1, 0.15) is 0 Å². The van der Waals surface area contributed by atoms with E-state index in [0.717, 1.165) is 0 Å². The number of hydrogen-bond donors (Lipinski definition) is 1. The second-order valence-electron chi connectivity index (χ2n) is 3.36. The van der Waals surface area contributed by atoms with Crippen LogP contribution in [0.4, 0.5) is 13.2 Å². The molecule has 0 fully saturated rings. The molecule has 1 aromatic rings. The molecule has 1 aromatic carbocycles. The molecule has 1 aliphatic heterocycles. The van der Waals surface area contributed by atoms with E-state index in [1.807, 2.05) is 0 Å². The Labute approximate surface area is 89.4 Å². The first-order valence-electron chi connectivity index (χ1n) is 4.64. The van der Waals surface area contributed by atoms with Crippen molar-refractivity contribution in [1.82, 2.24) is 0 Å². The molecule has 88 valence electrons. The lowest BCUT2D eigenvalue weighted by Gasteiger charge is -2.12. The molecule has 1 N–H and O–H groups in total. The summed E-state index contributed by atoms with van der Waals surface area (Å²) in [6, 6.07) is 4.44. The molecule has 0 spiro atoms. The highest BCUT2D eigenvalue weighted by Crippen LogP contribution is 2.40. The van der Waals surface area contributed by atoms with Crippen LogP contribution in [0.5, 0.6) is 11.5 Å². The van der Waals surface area contributed by atoms with Crippen LogP contribution in [0, 0.1) is 0 Å². The minimum atomic E-state index is -4.55. The molecule has 0 aromatic heterocycles. The summed E-state index contributed by atoms with van der Waals surface area (Å²) < 4.78 is 46.1. The largest absolute Gasteiger partial charge is 0.464 e. The van der Waals surface area contributed by atoms with Crippen LogP contribution in [0.15, 0.2) is 18.2 Å². The van der Waals surface area contributed by atoms with Gasteiger partial charge < -0.3 is 14.6 Å². The zero-order valence-electron chi connectivity index (χ0n) is 8.12. The summed E-state index contributed by atoms with van der Waals surface area (Å²) in [6.07, 6.45) is -6.41. The second-order valence-corrected chi connectivity index (χ2v) is 3.36. The summed E-state index contributed by atoms with van der Waals surface area (Å²) in [5.41, 5.74) is 0.702. The second kappa shape index (κ2) is 3.86. The molecule has 16 heavy (non-hydrogen) atoms. The number of benzene rings is 1. The minimum absolute atomic E-state index is 0.0632. The molecule has 0 saturated carbocycles. The van der Waals surface area contributed by atoms with E-state index in [2.05, 4.69) is 9.47 Å². The Kier molecular flexibility index (Phi) is 2.67. The maximum absolute atomic E-state index is 12.3. The zero-order chi connectivity index (χ0) is 11.8. The summed E-state index contributed by atoms with van der Waals surface area (Å²) in [7, 11) is 0. The van der Waals surface area contributed by atoms with Gasteiger partial charge in [-0.15, -0.1) is 0 Å². The quantitative estimate of drug-likeness (QED) is 0.849. The summed E-state index contributed by atoms with van der Waals surface area (Å²) in [5.74, 6) is 0.136. The predicted molar refractivity (Wildman–Crippen MR) is 48.3 cm³/mol. The van der Waals surface area contributed by atoms with Crippen LogP contribution in [0.2, 0.25) is 0 Å². The van der Waals surface area contributed by atoms with Crippen LogP contribution < -0.4 is 9.47 Å². The van der Waals surface area contributed by atoms with Crippen molar-refractivity contribution in [3.05, 3.63) is 23.8 Å². The molecular formula is C10H9F3O3. The summed E-state index contributed by atoms with van der Waals surface area (Å²) in [5, 5.41) is 8.70. The molecule has 0 radical (unpaired) electrons. The molecule has 0 saturated heterocycles. The van der Waals surface area contributed by atoms with Gasteiger partial charge in [0.05, 0.1) is 0 Å². The maximum Gasteiger partial charge on any atom is 0.464 e. The Morgan fingerprint density at radius 1 is 1.19 bits per heavy atom. The number of rotatable bonds is 2. The Balaban J connectivity index is 2.18. The van der Waals surface area contributed by atoms with Crippen LogP contribution >= 0.6 is 0 Å². The number of hydrogen-bond acceptors (Lipinski definition) is 3. The van der Waals surface area contributed by atoms with Gasteiger partial charge in [0.25, 0.3) is 0 Å². The monoisotopic (exact) mass is 234 g/mol. The van der Waals surface area contributed by atoms with Crippen LogP contribution in [-0.2, 0) is 6.42 Å². The Bertz CT molecular complexity index is 389. The summed E-state index contributed by atoms with van der Waals surface area (Å²) >= 11 is 0. The molecule has 3 nitrogen and oxygen atoms in total. The van der Waals surface area contributed by atoms with E-state index in [9.17, 15) is 13.2 Å². The van der Waals surface area contributed by atoms with E-state index in [1.54, 1.807) is 6.07 Å². The predicted octanol–water partition coefficient (Wildman–Crippen LogP) is 1.88. The van der Waals surface area contributed by atoms with E-state index in [-0.39, 0.29) is 18.1 Å². The lowest BCUT2D eigenvalue weighted by Crippen LogP contribution is -2.35. The number of aliphatic hydroxyl groups excluding tert-OH is 1. The molecule has 6 heteroatoms. The first kappa shape index (κ1) is 11.1. The van der Waals surface area contributed by atoms with Crippen molar-refractivity contribution in [1.29, 1.82) is 0 Å². The fourth-order valence-corrected chi connectivity index (χ4v) is 1.41. The highest BCUT2D eigenvalue weighted by Gasteiger charge is 2.48. The number of alkyl halides is 3. The first-order valence-corrected chi connectivity index (χ1v) is 4.64. The lowest BCUT2D eigenvalue weighted by molar-refractivity contribution is -0.242. The van der Waals surface area contributed by atoms with E-state index in [1.165, 1.54) is 12.1 Å². The van der Waals surface area contributed by atoms with Gasteiger partial charge in [-0.1, -0.05) is 6.07 Å². The van der Waals surface area contributed by atoms with Crippen LogP contribution in [0.25, 0.3) is 0 Å². The Morgan fingerprint density at radius 2 is 1.88 bits per heavy atom. The van der Waals surface area contributed by atoms with Crippen LogP contribution in [-0.4, -0.2) is 24.2 Å². The van der Waals surface area contributed by atoms with Crippen molar-refractivity contribution in [2.24, 2.45) is 0 Å². The van der Waals surface area contributed by atoms with E-state index >= 15 is 0 Å². The Morgan fingerprint density at radius 3 is 2.50 bits per heavy atom. The van der Waals surface area contributed by atoms with E-state index < -0.39 is 12.5 Å². The van der Waals surface area contributed by atoms with Crippen molar-refractivity contribution in [3.63, 3.8) is 0 Å². The minimum Gasteiger partial charge on any atom is -0.443 e. The van der Waals surface area contributed by atoms with Gasteiger partial charge in [-0.05, 0) is 24.1 Å². The maximum atomic E-state index is 12.3. The van der Waals surface area contributed by atoms with Gasteiger partial charge in [0.15, 0.2) is 11.5 Å². The van der Waals surface area contributed by atoms with Crippen LogP contribution in [0.1, 0.15) is 5.56 Å². The summed E-state index contributed by atoms with van der Waals surface area (Å²) in [4.78, 5) is 0. The van der Waals surface area contributed by atoms with Crippen molar-refractivity contribution >= 4 is 0 Å². The third-order valence-electron chi connectivity index (χ3n) is 2.14. The van der Waals surface area contributed by atoms with E-state index in [4.69, 9.17) is 5.11 Å². The Hall–Kier alpha value is -1.43. The molecule has 1 unspecified atom stereocenters. The topological polar surface area (TPSA) is 38.7 Å². The van der Waals surface area contributed by atoms with Gasteiger partial charge >= 0.3 is 12.5 Å². The fourth-order valence-electron chi connectivity index (χ4n) is 1.41. The van der Waals surface area contributed by atoms with E-state index in [0.29, 0.717) is 12.0 Å². The number of aliphatic hydroxyl groups is 1. The smallest absolute Gasteiger partial charge is 0.443 e. The number of halogens is 3. The highest BCUT2D eigenvalue weighted by atomic mass is 19.4. The molecule has 1 atom stereocenters. The van der Waals surface area contributed by atoms with Gasteiger partial charge in [0, 0.05) is 6.61 Å². The van der Waals surface area contributed by atoms with Crippen molar-refractivity contribution in [2.75, 3.05) is 6.61 Å². The van der Waals surface area contributed by atoms with Crippen LogP contribution in [0.3, 0.4) is 0 Å². The third-order valence-corrected chi connectivity index (χ3v) is 2.14. The molecule has 2 rings (SSSR count). The third kappa shape index (κ3) is 2.06. The van der Waals surface area contributed by atoms with Gasteiger partial charge in [-0.2, -0.15) is 13.2 Å². The number of fused-ring (bicyclic) bond motifs is 1. The average molecular weight is 234 g/mol. The molecule has 1 heterocycles. The zero-order valence-corrected chi connectivity index (χ0v) is 8.12. The lowest BCUT2D eigenvalue weighted by atomic mass is 10.1. The van der Waals surface area contributed by atoms with Crippen molar-refractivity contribution in [3.8, 4) is 11.5 Å². The highest BCUT2D eigenvalue weighted by molar-refractivity contribution is 5.45. The van der Waals surface area contributed by atoms with Gasteiger partial charge in [-0.25, -0.2) is 0 Å². The fraction of sp³-hybridized carbons (Fsp3) is 0.400. The molecule has 1 aliphatic rings. The molecule has 0 bridgehead atoms. The van der Waals surface area contributed by atoms with Crippen molar-refractivity contribution < 1.29 is 27.8 Å². The number of ether oxygens (including phenoxy) is 2. The van der Waals surface area contributed by atoms with Crippen molar-refractivity contribution in [2.45, 2.75) is 18.9 Å². The standard InChI is InChI=1S/C10H9F3O3/c11-10(12,13)9-15-7-2-1-6(3-4-14)5-8(7)16-9/h1-2,5,9,14H,3-4H2. The molecule has 0 aliphatic carbocycles. The molecule has 0 amide bonds. The average Bonchev–Trinajstić information content (AvgIpc) is 2.60. The summed E-state index contributed by atoms with van der Waals surface area (Å²) in [6.45, 7) is -0.0671. The SMILES string of the molecule is OCCc1ccc2c(c1)OC(C(F)(F)F)O2. The van der Waals surface area contributed by atoms with Gasteiger partial charge in [-0.3, -0.25) is 0 Å². The van der Waals surface area contributed by atoms with Gasteiger partial charge in [0.2, 0.25) is 0 Å².